The summed E-state index contributed by atoms with van der Waals surface area (Å²) in [6.07, 6.45) is 0.730. The zero-order valence-corrected chi connectivity index (χ0v) is 12.3. The number of benzene rings is 1. The highest BCUT2D eigenvalue weighted by molar-refractivity contribution is 5.91. The molecule has 0 spiro atoms. The zero-order valence-electron chi connectivity index (χ0n) is 12.3. The van der Waals surface area contributed by atoms with Gasteiger partial charge in [-0.1, -0.05) is 31.1 Å². The molecule has 0 aliphatic heterocycles. The number of hydrogen-bond donors (Lipinski definition) is 1. The summed E-state index contributed by atoms with van der Waals surface area (Å²) in [5, 5.41) is 13.0. The van der Waals surface area contributed by atoms with E-state index in [1.807, 2.05) is 0 Å². The van der Waals surface area contributed by atoms with E-state index < -0.39 is 5.97 Å². The van der Waals surface area contributed by atoms with Crippen molar-refractivity contribution in [2.75, 3.05) is 0 Å². The van der Waals surface area contributed by atoms with Gasteiger partial charge >= 0.3 is 5.97 Å². The summed E-state index contributed by atoms with van der Waals surface area (Å²) in [7, 11) is 0. The maximum absolute atomic E-state index is 11.2. The van der Waals surface area contributed by atoms with Gasteiger partial charge in [-0.2, -0.15) is 4.98 Å². The van der Waals surface area contributed by atoms with Gasteiger partial charge < -0.3 is 14.4 Å². The molecule has 0 unspecified atom stereocenters. The molecular formula is C15H18N2O4. The number of rotatable bonds is 6. The van der Waals surface area contributed by atoms with Crippen molar-refractivity contribution in [3.63, 3.8) is 0 Å². The molecule has 6 heteroatoms. The third kappa shape index (κ3) is 3.81. The lowest BCUT2D eigenvalue weighted by atomic mass is 10.1. The average Bonchev–Trinajstić information content (AvgIpc) is 2.83. The summed E-state index contributed by atoms with van der Waals surface area (Å²) < 4.78 is 10.7. The van der Waals surface area contributed by atoms with E-state index in [1.165, 1.54) is 6.07 Å². The average molecular weight is 290 g/mol. The number of carboxylic acid groups (broad SMARTS) is 1. The Morgan fingerprint density at radius 2 is 2.19 bits per heavy atom. The van der Waals surface area contributed by atoms with Gasteiger partial charge in [0.25, 0.3) is 5.89 Å². The minimum absolute atomic E-state index is 0.0518. The van der Waals surface area contributed by atoms with Gasteiger partial charge in [0.1, 0.15) is 11.3 Å². The highest BCUT2D eigenvalue weighted by Crippen LogP contribution is 2.24. The van der Waals surface area contributed by atoms with Gasteiger partial charge in [0, 0.05) is 6.42 Å². The highest BCUT2D eigenvalue weighted by atomic mass is 16.5. The lowest BCUT2D eigenvalue weighted by Gasteiger charge is -2.09. The van der Waals surface area contributed by atoms with Crippen molar-refractivity contribution < 1.29 is 19.2 Å². The Bertz CT molecular complexity index is 634. The summed E-state index contributed by atoms with van der Waals surface area (Å²) in [5.41, 5.74) is 0.869. The van der Waals surface area contributed by atoms with Gasteiger partial charge in [-0.05, 0) is 24.5 Å². The largest absolute Gasteiger partial charge is 0.483 e. The molecule has 1 N–H and O–H groups in total. The van der Waals surface area contributed by atoms with Crippen LogP contribution in [0.5, 0.6) is 5.75 Å². The van der Waals surface area contributed by atoms with Crippen LogP contribution in [0, 0.1) is 12.8 Å². The zero-order chi connectivity index (χ0) is 15.4. The quantitative estimate of drug-likeness (QED) is 0.880. The minimum atomic E-state index is -1.03. The van der Waals surface area contributed by atoms with Gasteiger partial charge in [0.05, 0.1) is 0 Å². The van der Waals surface area contributed by atoms with Crippen LogP contribution in [0.3, 0.4) is 0 Å². The van der Waals surface area contributed by atoms with Crippen molar-refractivity contribution in [2.45, 2.75) is 33.8 Å². The predicted molar refractivity (Wildman–Crippen MR) is 75.3 cm³/mol. The second kappa shape index (κ2) is 6.39. The predicted octanol–water partition coefficient (Wildman–Crippen LogP) is 2.85. The molecule has 0 bridgehead atoms. The number of aromatic carboxylic acids is 1. The summed E-state index contributed by atoms with van der Waals surface area (Å²) in [6.45, 7) is 5.98. The molecule has 0 saturated carbocycles. The Hall–Kier alpha value is -2.37. The van der Waals surface area contributed by atoms with Gasteiger partial charge in [0.15, 0.2) is 12.4 Å². The van der Waals surface area contributed by atoms with E-state index in [2.05, 4.69) is 24.0 Å². The number of aryl methyl sites for hydroxylation is 1. The van der Waals surface area contributed by atoms with Gasteiger partial charge in [-0.3, -0.25) is 0 Å². The molecule has 1 aromatic carbocycles. The number of ether oxygens (including phenoxy) is 1. The summed E-state index contributed by atoms with van der Waals surface area (Å²) in [6, 6.07) is 4.97. The molecule has 21 heavy (non-hydrogen) atoms. The van der Waals surface area contributed by atoms with E-state index >= 15 is 0 Å². The number of nitrogens with zero attached hydrogens (tertiary/aromatic N) is 2. The second-order valence-corrected chi connectivity index (χ2v) is 5.25. The maximum atomic E-state index is 11.2. The van der Waals surface area contributed by atoms with Crippen LogP contribution in [0.25, 0.3) is 0 Å². The molecule has 1 heterocycles. The van der Waals surface area contributed by atoms with Gasteiger partial charge in [0.2, 0.25) is 0 Å². The molecule has 0 atom stereocenters. The number of para-hydroxylation sites is 1. The number of carbonyl (C=O) groups is 1. The third-order valence-corrected chi connectivity index (χ3v) is 2.88. The van der Waals surface area contributed by atoms with E-state index in [4.69, 9.17) is 14.4 Å². The monoisotopic (exact) mass is 290 g/mol. The lowest BCUT2D eigenvalue weighted by Crippen LogP contribution is -2.05. The summed E-state index contributed by atoms with van der Waals surface area (Å²) in [5.74, 6) is 0.705. The molecule has 0 radical (unpaired) electrons. The molecule has 112 valence electrons. The first kappa shape index (κ1) is 15.0. The molecule has 0 saturated heterocycles. The first-order valence-electron chi connectivity index (χ1n) is 6.74. The standard InChI is InChI=1S/C15H18N2O4/c1-9(2)7-12-16-13(21-17-12)8-20-14-10(3)5-4-6-11(14)15(18)19/h4-6,9H,7-8H2,1-3H3,(H,18,19). The smallest absolute Gasteiger partial charge is 0.339 e. The van der Waals surface area contributed by atoms with Crippen molar-refractivity contribution >= 4 is 5.97 Å². The molecule has 2 aromatic rings. The lowest BCUT2D eigenvalue weighted by molar-refractivity contribution is 0.0690. The Labute approximate surface area is 122 Å². The van der Waals surface area contributed by atoms with E-state index in [0.717, 1.165) is 12.0 Å². The van der Waals surface area contributed by atoms with Crippen LogP contribution in [-0.4, -0.2) is 21.2 Å². The van der Waals surface area contributed by atoms with Crippen molar-refractivity contribution in [2.24, 2.45) is 5.92 Å². The normalized spacial score (nSPS) is 10.9. The van der Waals surface area contributed by atoms with Gasteiger partial charge in [-0.25, -0.2) is 4.79 Å². The summed E-state index contributed by atoms with van der Waals surface area (Å²) >= 11 is 0. The van der Waals surface area contributed by atoms with Crippen LogP contribution in [0.1, 0.15) is 41.5 Å². The van der Waals surface area contributed by atoms with Crippen LogP contribution < -0.4 is 4.74 Å². The van der Waals surface area contributed by atoms with Crippen LogP contribution >= 0.6 is 0 Å². The fourth-order valence-corrected chi connectivity index (χ4v) is 1.94. The molecule has 0 amide bonds. The Morgan fingerprint density at radius 3 is 2.86 bits per heavy atom. The van der Waals surface area contributed by atoms with Crippen LogP contribution in [-0.2, 0) is 13.0 Å². The van der Waals surface area contributed by atoms with Crippen LogP contribution in [0.4, 0.5) is 0 Å². The van der Waals surface area contributed by atoms with Crippen molar-refractivity contribution in [1.82, 2.24) is 10.1 Å². The van der Waals surface area contributed by atoms with E-state index in [9.17, 15) is 4.79 Å². The van der Waals surface area contributed by atoms with Crippen molar-refractivity contribution in [3.05, 3.63) is 41.0 Å². The fraction of sp³-hybridized carbons (Fsp3) is 0.400. The Balaban J connectivity index is 2.10. The Morgan fingerprint density at radius 1 is 1.43 bits per heavy atom. The highest BCUT2D eigenvalue weighted by Gasteiger charge is 2.15. The topological polar surface area (TPSA) is 85.5 Å². The van der Waals surface area contributed by atoms with Crippen molar-refractivity contribution in [3.8, 4) is 5.75 Å². The first-order valence-corrected chi connectivity index (χ1v) is 6.74. The van der Waals surface area contributed by atoms with E-state index in [0.29, 0.717) is 23.4 Å². The summed E-state index contributed by atoms with van der Waals surface area (Å²) in [4.78, 5) is 15.4. The Kier molecular flexibility index (Phi) is 4.57. The van der Waals surface area contributed by atoms with Crippen LogP contribution in [0.2, 0.25) is 0 Å². The molecule has 1 aromatic heterocycles. The molecule has 0 aliphatic rings. The molecular weight excluding hydrogens is 272 g/mol. The second-order valence-electron chi connectivity index (χ2n) is 5.25. The fourth-order valence-electron chi connectivity index (χ4n) is 1.94. The van der Waals surface area contributed by atoms with Crippen LogP contribution in [0.15, 0.2) is 22.7 Å². The molecule has 2 rings (SSSR count). The van der Waals surface area contributed by atoms with Crippen molar-refractivity contribution in [1.29, 1.82) is 0 Å². The number of carboxylic acids is 1. The molecule has 0 fully saturated rings. The number of aromatic nitrogens is 2. The molecule has 6 nitrogen and oxygen atoms in total. The maximum Gasteiger partial charge on any atom is 0.339 e. The molecule has 0 aliphatic carbocycles. The number of hydrogen-bond acceptors (Lipinski definition) is 5. The third-order valence-electron chi connectivity index (χ3n) is 2.88. The first-order chi connectivity index (χ1) is 9.97. The van der Waals surface area contributed by atoms with E-state index in [-0.39, 0.29) is 12.2 Å². The minimum Gasteiger partial charge on any atom is -0.483 e. The SMILES string of the molecule is Cc1cccc(C(=O)O)c1OCc1nc(CC(C)C)no1. The van der Waals surface area contributed by atoms with Gasteiger partial charge in [-0.15, -0.1) is 0 Å². The van der Waals surface area contributed by atoms with E-state index in [1.54, 1.807) is 19.1 Å².